The Morgan fingerprint density at radius 1 is 0.822 bits per heavy atom. The second kappa shape index (κ2) is 15.6. The monoisotopic (exact) mass is 685 g/mol. The molecule has 0 saturated carbocycles. The van der Waals surface area contributed by atoms with Crippen LogP contribution in [-0.4, -0.2) is 43.8 Å². The van der Waals surface area contributed by atoms with Crippen LogP contribution >= 0.6 is 34.8 Å². The first kappa shape index (κ1) is 34.3. The number of carbonyl (C=O) groups excluding carboxylic acids is 2. The summed E-state index contributed by atoms with van der Waals surface area (Å²) in [6.45, 7) is 3.19. The molecule has 0 aliphatic carbocycles. The van der Waals surface area contributed by atoms with Crippen molar-refractivity contribution in [1.29, 1.82) is 0 Å². The van der Waals surface area contributed by atoms with E-state index < -0.39 is 28.5 Å². The average molecular weight is 687 g/mol. The van der Waals surface area contributed by atoms with Gasteiger partial charge in [-0.05, 0) is 73.0 Å². The highest BCUT2D eigenvalue weighted by atomic mass is 35.5. The minimum absolute atomic E-state index is 0.0359. The number of hydrogen-bond acceptors (Lipinski definition) is 4. The van der Waals surface area contributed by atoms with E-state index in [0.29, 0.717) is 27.1 Å². The maximum atomic E-state index is 14.5. The highest BCUT2D eigenvalue weighted by Gasteiger charge is 2.35. The van der Waals surface area contributed by atoms with Crippen LogP contribution in [0.1, 0.15) is 31.4 Å². The van der Waals surface area contributed by atoms with Crippen LogP contribution in [0.5, 0.6) is 0 Å². The topological polar surface area (TPSA) is 86.8 Å². The standard InChI is InChI=1S/C34H34Cl3N3O4S/c1-3-24(2)38-34(42)32(20-25-10-6-4-7-11-25)39(22-26-14-15-28(36)21-31(26)37)33(41)23-40(29-12-8-5-9-13-29)45(43,44)30-18-16-27(35)17-19-30/h4-19,21,24,32H,3,20,22-23H2,1-2H3,(H,38,42)/t24-,32+/m0/s1. The van der Waals surface area contributed by atoms with Gasteiger partial charge in [-0.15, -0.1) is 0 Å². The van der Waals surface area contributed by atoms with Crippen LogP contribution in [0.15, 0.2) is 108 Å². The lowest BCUT2D eigenvalue weighted by Gasteiger charge is -2.34. The van der Waals surface area contributed by atoms with Crippen molar-refractivity contribution in [1.82, 2.24) is 10.2 Å². The number of amides is 2. The molecule has 0 aromatic heterocycles. The zero-order valence-electron chi connectivity index (χ0n) is 24.9. The molecular formula is C34H34Cl3N3O4S. The number of rotatable bonds is 13. The molecule has 0 aliphatic rings. The van der Waals surface area contributed by atoms with Crippen molar-refractivity contribution >= 4 is 62.3 Å². The Morgan fingerprint density at radius 2 is 1.42 bits per heavy atom. The van der Waals surface area contributed by atoms with Gasteiger partial charge in [0.25, 0.3) is 10.0 Å². The molecule has 2 atom stereocenters. The second-order valence-corrected chi connectivity index (χ2v) is 13.7. The van der Waals surface area contributed by atoms with Gasteiger partial charge in [-0.3, -0.25) is 13.9 Å². The van der Waals surface area contributed by atoms with Gasteiger partial charge >= 0.3 is 0 Å². The number of sulfonamides is 1. The third kappa shape index (κ3) is 9.01. The molecule has 0 radical (unpaired) electrons. The lowest BCUT2D eigenvalue weighted by atomic mass is 10.0. The first-order chi connectivity index (χ1) is 21.5. The van der Waals surface area contributed by atoms with Crippen LogP contribution in [-0.2, 0) is 32.6 Å². The molecule has 236 valence electrons. The third-order valence-corrected chi connectivity index (χ3v) is 9.98. The maximum absolute atomic E-state index is 14.5. The van der Waals surface area contributed by atoms with Crippen molar-refractivity contribution in [2.24, 2.45) is 0 Å². The van der Waals surface area contributed by atoms with E-state index in [0.717, 1.165) is 9.87 Å². The number of anilines is 1. The first-order valence-corrected chi connectivity index (χ1v) is 17.0. The molecule has 0 spiro atoms. The molecule has 0 aliphatic heterocycles. The molecule has 0 saturated heterocycles. The van der Waals surface area contributed by atoms with Crippen LogP contribution < -0.4 is 9.62 Å². The molecule has 1 N–H and O–H groups in total. The molecule has 2 amide bonds. The van der Waals surface area contributed by atoms with Gasteiger partial charge in [0.05, 0.1) is 10.6 Å². The number of nitrogens with zero attached hydrogens (tertiary/aromatic N) is 2. The number of benzene rings is 4. The molecule has 11 heteroatoms. The second-order valence-electron chi connectivity index (χ2n) is 10.6. The number of hydrogen-bond donors (Lipinski definition) is 1. The summed E-state index contributed by atoms with van der Waals surface area (Å²) >= 11 is 18.7. The highest BCUT2D eigenvalue weighted by molar-refractivity contribution is 7.92. The van der Waals surface area contributed by atoms with Gasteiger partial charge in [0.15, 0.2) is 0 Å². The molecule has 0 fully saturated rings. The van der Waals surface area contributed by atoms with Crippen LogP contribution in [0.3, 0.4) is 0 Å². The summed E-state index contributed by atoms with van der Waals surface area (Å²) in [7, 11) is -4.23. The van der Waals surface area contributed by atoms with Crippen molar-refractivity contribution in [3.05, 3.63) is 129 Å². The van der Waals surface area contributed by atoms with Crippen LogP contribution in [0.4, 0.5) is 5.69 Å². The van der Waals surface area contributed by atoms with E-state index in [1.54, 1.807) is 48.5 Å². The van der Waals surface area contributed by atoms with Gasteiger partial charge in [0, 0.05) is 34.1 Å². The number of para-hydroxylation sites is 1. The predicted octanol–water partition coefficient (Wildman–Crippen LogP) is 7.40. The summed E-state index contributed by atoms with van der Waals surface area (Å²) in [6, 6.07) is 27.2. The fourth-order valence-corrected chi connectivity index (χ4v) is 6.69. The Labute approximate surface area is 279 Å². The molecule has 0 bridgehead atoms. The van der Waals surface area contributed by atoms with E-state index in [2.05, 4.69) is 5.32 Å². The normalized spacial score (nSPS) is 12.6. The largest absolute Gasteiger partial charge is 0.352 e. The number of nitrogens with one attached hydrogen (secondary N) is 1. The van der Waals surface area contributed by atoms with Crippen LogP contribution in [0, 0.1) is 0 Å². The van der Waals surface area contributed by atoms with Crippen LogP contribution in [0.2, 0.25) is 15.1 Å². The fourth-order valence-electron chi connectivity index (χ4n) is 4.69. The maximum Gasteiger partial charge on any atom is 0.264 e. The van der Waals surface area contributed by atoms with Gasteiger partial charge < -0.3 is 10.2 Å². The molecule has 0 unspecified atom stereocenters. The van der Waals surface area contributed by atoms with Gasteiger partial charge in [-0.2, -0.15) is 0 Å². The fraction of sp³-hybridized carbons (Fsp3) is 0.235. The molecule has 7 nitrogen and oxygen atoms in total. The smallest absolute Gasteiger partial charge is 0.264 e. The zero-order chi connectivity index (χ0) is 32.6. The van der Waals surface area contributed by atoms with E-state index in [1.807, 2.05) is 44.2 Å². The van der Waals surface area contributed by atoms with Gasteiger partial charge in [0.1, 0.15) is 12.6 Å². The van der Waals surface area contributed by atoms with Crippen molar-refractivity contribution in [2.45, 2.75) is 50.2 Å². The van der Waals surface area contributed by atoms with Crippen molar-refractivity contribution in [3.63, 3.8) is 0 Å². The van der Waals surface area contributed by atoms with Crippen molar-refractivity contribution in [3.8, 4) is 0 Å². The lowest BCUT2D eigenvalue weighted by molar-refractivity contribution is -0.140. The summed E-state index contributed by atoms with van der Waals surface area (Å²) in [4.78, 5) is 29.7. The van der Waals surface area contributed by atoms with Gasteiger partial charge in [0.2, 0.25) is 11.8 Å². The van der Waals surface area contributed by atoms with E-state index in [9.17, 15) is 18.0 Å². The first-order valence-electron chi connectivity index (χ1n) is 14.4. The third-order valence-electron chi connectivity index (χ3n) is 7.35. The minimum atomic E-state index is -4.23. The molecule has 45 heavy (non-hydrogen) atoms. The SMILES string of the molecule is CC[C@H](C)NC(=O)[C@@H](Cc1ccccc1)N(Cc1ccc(Cl)cc1Cl)C(=O)CN(c1ccccc1)S(=O)(=O)c1ccc(Cl)cc1. The Kier molecular flexibility index (Phi) is 11.9. The Balaban J connectivity index is 1.81. The van der Waals surface area contributed by atoms with Crippen LogP contribution in [0.25, 0.3) is 0 Å². The van der Waals surface area contributed by atoms with E-state index in [4.69, 9.17) is 34.8 Å². The summed E-state index contributed by atoms with van der Waals surface area (Å²) in [5.41, 5.74) is 1.67. The van der Waals surface area contributed by atoms with E-state index in [-0.39, 0.29) is 35.5 Å². The molecular weight excluding hydrogens is 653 g/mol. The average Bonchev–Trinajstić information content (AvgIpc) is 3.03. The number of carbonyl (C=O) groups is 2. The Bertz CT molecular complexity index is 1710. The van der Waals surface area contributed by atoms with Gasteiger partial charge in [-0.25, -0.2) is 8.42 Å². The predicted molar refractivity (Wildman–Crippen MR) is 181 cm³/mol. The van der Waals surface area contributed by atoms with Crippen molar-refractivity contribution in [2.75, 3.05) is 10.8 Å². The molecule has 4 aromatic rings. The zero-order valence-corrected chi connectivity index (χ0v) is 28.0. The highest BCUT2D eigenvalue weighted by Crippen LogP contribution is 2.27. The molecule has 0 heterocycles. The summed E-state index contributed by atoms with van der Waals surface area (Å²) in [5, 5.41) is 4.12. The van der Waals surface area contributed by atoms with E-state index in [1.165, 1.54) is 29.2 Å². The quantitative estimate of drug-likeness (QED) is 0.159. The summed E-state index contributed by atoms with van der Waals surface area (Å²) in [6.07, 6.45) is 0.872. The lowest BCUT2D eigenvalue weighted by Crippen LogP contribution is -2.54. The Hall–Kier alpha value is -3.56. The molecule has 4 rings (SSSR count). The Morgan fingerprint density at radius 3 is 2.02 bits per heavy atom. The van der Waals surface area contributed by atoms with E-state index >= 15 is 0 Å². The molecule has 4 aromatic carbocycles. The van der Waals surface area contributed by atoms with Gasteiger partial charge in [-0.1, -0.05) is 96.3 Å². The summed E-state index contributed by atoms with van der Waals surface area (Å²) in [5.74, 6) is -0.957. The van der Waals surface area contributed by atoms with Crippen molar-refractivity contribution < 1.29 is 18.0 Å². The number of halogens is 3. The minimum Gasteiger partial charge on any atom is -0.352 e. The summed E-state index contributed by atoms with van der Waals surface area (Å²) < 4.78 is 29.1.